The van der Waals surface area contributed by atoms with Gasteiger partial charge in [0.2, 0.25) is 0 Å². The van der Waals surface area contributed by atoms with Gasteiger partial charge in [0.05, 0.1) is 17.8 Å². The van der Waals surface area contributed by atoms with E-state index in [-0.39, 0.29) is 11.6 Å². The molecular formula is C18H19F2N3OS. The Morgan fingerprint density at radius 1 is 1.32 bits per heavy atom. The number of amidine groups is 1. The predicted octanol–water partition coefficient (Wildman–Crippen LogP) is 4.70. The van der Waals surface area contributed by atoms with Crippen LogP contribution >= 0.6 is 11.3 Å². The zero-order valence-electron chi connectivity index (χ0n) is 14.0. The first-order valence-corrected chi connectivity index (χ1v) is 8.92. The summed E-state index contributed by atoms with van der Waals surface area (Å²) < 4.78 is 26.5. The van der Waals surface area contributed by atoms with Crippen molar-refractivity contribution in [2.45, 2.75) is 20.3 Å². The Morgan fingerprint density at radius 2 is 2.08 bits per heavy atom. The van der Waals surface area contributed by atoms with Gasteiger partial charge in [0.25, 0.3) is 0 Å². The molecule has 0 unspecified atom stereocenters. The van der Waals surface area contributed by atoms with E-state index in [9.17, 15) is 13.9 Å². The number of rotatable bonds is 5. The van der Waals surface area contributed by atoms with E-state index in [1.54, 1.807) is 5.38 Å². The van der Waals surface area contributed by atoms with Crippen LogP contribution in [0.25, 0.3) is 16.8 Å². The second-order valence-corrected chi connectivity index (χ2v) is 7.30. The van der Waals surface area contributed by atoms with Gasteiger partial charge < -0.3 is 10.0 Å². The highest BCUT2D eigenvalue weighted by molar-refractivity contribution is 7.11. The average Bonchev–Trinajstić information content (AvgIpc) is 3.13. The number of nitrogens with one attached hydrogen (secondary N) is 1. The number of hydrogen-bond acceptors (Lipinski definition) is 4. The molecule has 132 valence electrons. The van der Waals surface area contributed by atoms with Crippen molar-refractivity contribution < 1.29 is 13.9 Å². The maximum absolute atomic E-state index is 13.4. The molecule has 25 heavy (non-hydrogen) atoms. The maximum Gasteiger partial charge on any atom is 0.159 e. The molecule has 0 fully saturated rings. The number of hydrogen-bond donors (Lipinski definition) is 2. The third kappa shape index (κ3) is 3.56. The van der Waals surface area contributed by atoms with Gasteiger partial charge in [0.1, 0.15) is 16.6 Å². The van der Waals surface area contributed by atoms with E-state index in [0.29, 0.717) is 40.8 Å². The number of benzene rings is 1. The van der Waals surface area contributed by atoms with Crippen LogP contribution in [0.1, 0.15) is 25.3 Å². The van der Waals surface area contributed by atoms with Crippen LogP contribution in [-0.4, -0.2) is 33.9 Å². The SMILES string of the molecule is CC(C)CCN1CC(O)=C(c2nc(-c3ccc(F)c(F)c3)cs2)C1=N. The largest absolute Gasteiger partial charge is 0.510 e. The van der Waals surface area contributed by atoms with Gasteiger partial charge in [0, 0.05) is 17.5 Å². The second kappa shape index (κ2) is 6.92. The molecule has 2 N–H and O–H groups in total. The molecule has 0 saturated heterocycles. The van der Waals surface area contributed by atoms with Crippen molar-refractivity contribution in [1.29, 1.82) is 5.41 Å². The first kappa shape index (κ1) is 17.5. The van der Waals surface area contributed by atoms with Crippen LogP contribution < -0.4 is 0 Å². The number of aliphatic hydroxyl groups is 1. The number of nitrogens with zero attached hydrogens (tertiary/aromatic N) is 2. The third-order valence-corrected chi connectivity index (χ3v) is 4.95. The lowest BCUT2D eigenvalue weighted by Crippen LogP contribution is -2.28. The van der Waals surface area contributed by atoms with Gasteiger partial charge in [-0.15, -0.1) is 11.3 Å². The molecule has 0 atom stereocenters. The Kier molecular flexibility index (Phi) is 4.85. The summed E-state index contributed by atoms with van der Waals surface area (Å²) in [5.41, 5.74) is 1.37. The minimum atomic E-state index is -0.928. The summed E-state index contributed by atoms with van der Waals surface area (Å²) in [6, 6.07) is 3.61. The van der Waals surface area contributed by atoms with Crippen LogP contribution in [0.15, 0.2) is 29.3 Å². The summed E-state index contributed by atoms with van der Waals surface area (Å²) >= 11 is 1.27. The van der Waals surface area contributed by atoms with E-state index in [4.69, 9.17) is 5.41 Å². The Bertz CT molecular complexity index is 845. The summed E-state index contributed by atoms with van der Waals surface area (Å²) in [5, 5.41) is 20.8. The summed E-state index contributed by atoms with van der Waals surface area (Å²) in [5.74, 6) is -0.941. The number of aromatic nitrogens is 1. The van der Waals surface area contributed by atoms with Gasteiger partial charge in [-0.3, -0.25) is 5.41 Å². The second-order valence-electron chi connectivity index (χ2n) is 6.44. The van der Waals surface area contributed by atoms with Crippen LogP contribution in [0.4, 0.5) is 8.78 Å². The first-order valence-electron chi connectivity index (χ1n) is 8.04. The van der Waals surface area contributed by atoms with Gasteiger partial charge >= 0.3 is 0 Å². The maximum atomic E-state index is 13.4. The molecule has 1 aromatic heterocycles. The van der Waals surface area contributed by atoms with Crippen molar-refractivity contribution in [1.82, 2.24) is 9.88 Å². The van der Waals surface area contributed by atoms with E-state index >= 15 is 0 Å². The highest BCUT2D eigenvalue weighted by Gasteiger charge is 2.30. The molecule has 3 rings (SSSR count). The van der Waals surface area contributed by atoms with Crippen LogP contribution in [0.5, 0.6) is 0 Å². The Labute approximate surface area is 149 Å². The highest BCUT2D eigenvalue weighted by Crippen LogP contribution is 2.32. The monoisotopic (exact) mass is 363 g/mol. The topological polar surface area (TPSA) is 60.2 Å². The summed E-state index contributed by atoms with van der Waals surface area (Å²) in [4.78, 5) is 6.23. The van der Waals surface area contributed by atoms with Crippen molar-refractivity contribution in [3.05, 3.63) is 46.0 Å². The summed E-state index contributed by atoms with van der Waals surface area (Å²) in [6.07, 6.45) is 0.931. The van der Waals surface area contributed by atoms with Crippen molar-refractivity contribution >= 4 is 22.7 Å². The fraction of sp³-hybridized carbons (Fsp3) is 0.333. The molecule has 1 aromatic carbocycles. The molecule has 4 nitrogen and oxygen atoms in total. The Hall–Kier alpha value is -2.28. The van der Waals surface area contributed by atoms with E-state index < -0.39 is 11.6 Å². The van der Waals surface area contributed by atoms with Crippen LogP contribution in [0, 0.1) is 23.0 Å². The average molecular weight is 363 g/mol. The van der Waals surface area contributed by atoms with E-state index in [1.807, 2.05) is 4.90 Å². The molecule has 0 amide bonds. The lowest BCUT2D eigenvalue weighted by molar-refractivity contribution is 0.337. The van der Waals surface area contributed by atoms with E-state index in [0.717, 1.165) is 18.6 Å². The highest BCUT2D eigenvalue weighted by atomic mass is 32.1. The summed E-state index contributed by atoms with van der Waals surface area (Å²) in [6.45, 7) is 5.23. The smallest absolute Gasteiger partial charge is 0.159 e. The molecule has 2 aromatic rings. The molecule has 0 spiro atoms. The van der Waals surface area contributed by atoms with Gasteiger partial charge in [-0.05, 0) is 30.5 Å². The quantitative estimate of drug-likeness (QED) is 0.810. The lowest BCUT2D eigenvalue weighted by atomic mass is 10.1. The van der Waals surface area contributed by atoms with E-state index in [2.05, 4.69) is 18.8 Å². The van der Waals surface area contributed by atoms with Crippen LogP contribution in [0.2, 0.25) is 0 Å². The first-order chi connectivity index (χ1) is 11.9. The van der Waals surface area contributed by atoms with Gasteiger partial charge in [-0.25, -0.2) is 13.8 Å². The minimum Gasteiger partial charge on any atom is -0.510 e. The molecule has 0 bridgehead atoms. The van der Waals surface area contributed by atoms with Crippen LogP contribution in [0.3, 0.4) is 0 Å². The fourth-order valence-electron chi connectivity index (χ4n) is 2.64. The number of aliphatic hydroxyl groups excluding tert-OH is 1. The molecule has 0 saturated carbocycles. The zero-order chi connectivity index (χ0) is 18.1. The Morgan fingerprint density at radius 3 is 2.76 bits per heavy atom. The van der Waals surface area contributed by atoms with Crippen molar-refractivity contribution in [2.75, 3.05) is 13.1 Å². The zero-order valence-corrected chi connectivity index (χ0v) is 14.8. The molecular weight excluding hydrogens is 344 g/mol. The Balaban J connectivity index is 1.83. The number of thiazole rings is 1. The van der Waals surface area contributed by atoms with Gasteiger partial charge in [-0.2, -0.15) is 0 Å². The molecule has 0 aliphatic carbocycles. The molecule has 0 radical (unpaired) electrons. The van der Waals surface area contributed by atoms with Crippen LogP contribution in [-0.2, 0) is 0 Å². The molecule has 1 aliphatic rings. The normalized spacial score (nSPS) is 14.9. The molecule has 7 heteroatoms. The lowest BCUT2D eigenvalue weighted by Gasteiger charge is -2.19. The van der Waals surface area contributed by atoms with Gasteiger partial charge in [0.15, 0.2) is 11.6 Å². The van der Waals surface area contributed by atoms with Gasteiger partial charge in [-0.1, -0.05) is 13.8 Å². The molecule has 2 heterocycles. The van der Waals surface area contributed by atoms with Crippen molar-refractivity contribution in [3.8, 4) is 11.3 Å². The van der Waals surface area contributed by atoms with Crippen molar-refractivity contribution in [2.24, 2.45) is 5.92 Å². The fourth-order valence-corrected chi connectivity index (χ4v) is 3.54. The summed E-state index contributed by atoms with van der Waals surface area (Å²) in [7, 11) is 0. The number of halogens is 2. The minimum absolute atomic E-state index is 0.125. The third-order valence-electron chi connectivity index (χ3n) is 4.09. The standard InChI is InChI=1S/C18H19F2N3OS/c1-10(2)5-6-23-8-15(24)16(17(23)21)18-22-14(9-25-18)11-3-4-12(19)13(20)7-11/h3-4,7,9-10,21,24H,5-6,8H2,1-2H3. The molecule has 1 aliphatic heterocycles. The van der Waals surface area contributed by atoms with Crippen molar-refractivity contribution in [3.63, 3.8) is 0 Å². The predicted molar refractivity (Wildman–Crippen MR) is 95.8 cm³/mol. The van der Waals surface area contributed by atoms with E-state index in [1.165, 1.54) is 17.4 Å².